The fourth-order valence-electron chi connectivity index (χ4n) is 3.76. The molecular weight excluding hydrogens is 326 g/mol. The molecule has 1 amide bonds. The number of benzene rings is 2. The first-order chi connectivity index (χ1) is 12.6. The highest BCUT2D eigenvalue weighted by atomic mass is 16.7. The van der Waals surface area contributed by atoms with Gasteiger partial charge < -0.3 is 5.32 Å². The van der Waals surface area contributed by atoms with E-state index < -0.39 is 0 Å². The van der Waals surface area contributed by atoms with Crippen LogP contribution < -0.4 is 16.1 Å². The summed E-state index contributed by atoms with van der Waals surface area (Å²) in [5.41, 5.74) is 8.57. The maximum absolute atomic E-state index is 12.6. The summed E-state index contributed by atoms with van der Waals surface area (Å²) in [5, 5.41) is 6.60. The van der Waals surface area contributed by atoms with Crippen molar-refractivity contribution in [3.63, 3.8) is 0 Å². The minimum Gasteiger partial charge on any atom is -0.345 e. The molecule has 2 aromatic rings. The van der Waals surface area contributed by atoms with Crippen LogP contribution in [-0.4, -0.2) is 12.1 Å². The van der Waals surface area contributed by atoms with Crippen molar-refractivity contribution in [2.45, 2.75) is 51.5 Å². The van der Waals surface area contributed by atoms with Crippen molar-refractivity contribution in [1.29, 1.82) is 0 Å². The van der Waals surface area contributed by atoms with Gasteiger partial charge in [-0.3, -0.25) is 14.9 Å². The van der Waals surface area contributed by atoms with Gasteiger partial charge in [-0.2, -0.15) is 5.48 Å². The lowest BCUT2D eigenvalue weighted by Crippen LogP contribution is -2.27. The molecule has 1 saturated heterocycles. The average molecular weight is 351 g/mol. The van der Waals surface area contributed by atoms with E-state index >= 15 is 0 Å². The first kappa shape index (κ1) is 17.2. The molecule has 0 spiro atoms. The third-order valence-electron chi connectivity index (χ3n) is 5.22. The van der Waals surface area contributed by atoms with Crippen molar-refractivity contribution in [1.82, 2.24) is 16.1 Å². The molecule has 2 aromatic carbocycles. The van der Waals surface area contributed by atoms with E-state index in [9.17, 15) is 4.79 Å². The maximum Gasteiger partial charge on any atom is 0.251 e. The van der Waals surface area contributed by atoms with Gasteiger partial charge in [-0.25, -0.2) is 0 Å². The minimum absolute atomic E-state index is 0.00561. The summed E-state index contributed by atoms with van der Waals surface area (Å²) in [5.74, 6) is -0.00561. The van der Waals surface area contributed by atoms with Crippen LogP contribution in [-0.2, 0) is 11.3 Å². The molecule has 5 nitrogen and oxygen atoms in total. The highest BCUT2D eigenvalue weighted by Gasteiger charge is 2.28. The van der Waals surface area contributed by atoms with Gasteiger partial charge in [-0.05, 0) is 55.0 Å². The lowest BCUT2D eigenvalue weighted by Gasteiger charge is -2.16. The smallest absolute Gasteiger partial charge is 0.251 e. The topological polar surface area (TPSA) is 62.4 Å². The standard InChI is InChI=1S/C21H25N3O2/c1-3-19-23-20(24-26-19)15-7-9-17-14(12-15)8-10-18(17)22-21(25)16-6-4-5-13(2)11-16/h4-7,9,11-12,18-20,23-24H,3,8,10H2,1-2H3,(H,22,25)/t18-,19?,20?/m1/s1. The van der Waals surface area contributed by atoms with E-state index in [1.807, 2.05) is 31.2 Å². The minimum atomic E-state index is -0.00561. The Morgan fingerprint density at radius 1 is 1.27 bits per heavy atom. The number of hydroxylamine groups is 1. The lowest BCUT2D eigenvalue weighted by atomic mass is 10.0. The molecule has 2 aliphatic rings. The normalized spacial score (nSPS) is 24.5. The van der Waals surface area contributed by atoms with Gasteiger partial charge in [0.05, 0.1) is 6.04 Å². The van der Waals surface area contributed by atoms with E-state index in [2.05, 4.69) is 41.2 Å². The van der Waals surface area contributed by atoms with Crippen LogP contribution in [0.3, 0.4) is 0 Å². The van der Waals surface area contributed by atoms with Gasteiger partial charge in [0.2, 0.25) is 0 Å². The van der Waals surface area contributed by atoms with Crippen molar-refractivity contribution < 1.29 is 9.63 Å². The molecule has 1 fully saturated rings. The van der Waals surface area contributed by atoms with Crippen LogP contribution in [0.4, 0.5) is 0 Å². The number of nitrogens with one attached hydrogen (secondary N) is 3. The van der Waals surface area contributed by atoms with E-state index in [-0.39, 0.29) is 24.3 Å². The second-order valence-corrected chi connectivity index (χ2v) is 7.12. The zero-order valence-corrected chi connectivity index (χ0v) is 15.2. The summed E-state index contributed by atoms with van der Waals surface area (Å²) in [7, 11) is 0. The highest BCUT2D eigenvalue weighted by Crippen LogP contribution is 2.33. The molecule has 0 radical (unpaired) electrons. The number of hydrogen-bond donors (Lipinski definition) is 3. The highest BCUT2D eigenvalue weighted by molar-refractivity contribution is 5.94. The molecule has 0 aromatic heterocycles. The summed E-state index contributed by atoms with van der Waals surface area (Å²) in [6.07, 6.45) is 2.91. The summed E-state index contributed by atoms with van der Waals surface area (Å²) >= 11 is 0. The quantitative estimate of drug-likeness (QED) is 0.791. The molecule has 3 atom stereocenters. The molecule has 3 N–H and O–H groups in total. The summed E-state index contributed by atoms with van der Waals surface area (Å²) in [4.78, 5) is 18.1. The second-order valence-electron chi connectivity index (χ2n) is 7.12. The average Bonchev–Trinajstić information content (AvgIpc) is 3.28. The van der Waals surface area contributed by atoms with E-state index in [1.54, 1.807) is 0 Å². The van der Waals surface area contributed by atoms with E-state index in [0.29, 0.717) is 0 Å². The number of fused-ring (bicyclic) bond motifs is 1. The van der Waals surface area contributed by atoms with Gasteiger partial charge in [-0.1, -0.05) is 42.8 Å². The van der Waals surface area contributed by atoms with Crippen molar-refractivity contribution in [3.05, 3.63) is 70.3 Å². The van der Waals surface area contributed by atoms with E-state index in [1.165, 1.54) is 16.7 Å². The van der Waals surface area contributed by atoms with E-state index in [4.69, 9.17) is 4.84 Å². The predicted octanol–water partition coefficient (Wildman–Crippen LogP) is 3.27. The lowest BCUT2D eigenvalue weighted by molar-refractivity contribution is 0.0207. The first-order valence-corrected chi connectivity index (χ1v) is 9.31. The molecule has 136 valence electrons. The van der Waals surface area contributed by atoms with Crippen LogP contribution in [0, 0.1) is 6.92 Å². The van der Waals surface area contributed by atoms with Crippen molar-refractivity contribution >= 4 is 5.91 Å². The van der Waals surface area contributed by atoms with Gasteiger partial charge in [-0.15, -0.1) is 0 Å². The zero-order valence-electron chi connectivity index (χ0n) is 15.2. The Balaban J connectivity index is 1.47. The van der Waals surface area contributed by atoms with Gasteiger partial charge in [0.25, 0.3) is 5.91 Å². The third kappa shape index (κ3) is 3.38. The Morgan fingerprint density at radius 3 is 2.92 bits per heavy atom. The number of aryl methyl sites for hydroxylation is 2. The van der Waals surface area contributed by atoms with Gasteiger partial charge in [0.15, 0.2) is 0 Å². The van der Waals surface area contributed by atoms with Crippen LogP contribution in [0.2, 0.25) is 0 Å². The zero-order chi connectivity index (χ0) is 18.1. The second kappa shape index (κ2) is 7.19. The van der Waals surface area contributed by atoms with Crippen LogP contribution >= 0.6 is 0 Å². The predicted molar refractivity (Wildman–Crippen MR) is 100 cm³/mol. The summed E-state index contributed by atoms with van der Waals surface area (Å²) < 4.78 is 0. The third-order valence-corrected chi connectivity index (χ3v) is 5.22. The number of carbonyl (C=O) groups is 1. The van der Waals surface area contributed by atoms with E-state index in [0.717, 1.165) is 30.4 Å². The SMILES string of the molecule is CCC1NC(c2ccc3c(c2)CC[C@H]3NC(=O)c2cccc(C)c2)NO1. The molecule has 1 aliphatic heterocycles. The van der Waals surface area contributed by atoms with Crippen molar-refractivity contribution in [3.8, 4) is 0 Å². The molecule has 0 bridgehead atoms. The molecule has 0 saturated carbocycles. The molecule has 26 heavy (non-hydrogen) atoms. The maximum atomic E-state index is 12.6. The monoisotopic (exact) mass is 351 g/mol. The van der Waals surface area contributed by atoms with Crippen LogP contribution in [0.25, 0.3) is 0 Å². The molecule has 2 unspecified atom stereocenters. The van der Waals surface area contributed by atoms with Gasteiger partial charge in [0, 0.05) is 5.56 Å². The van der Waals surface area contributed by atoms with Crippen molar-refractivity contribution in [2.75, 3.05) is 0 Å². The Labute approximate surface area is 154 Å². The molecule has 5 heteroatoms. The molecule has 1 aliphatic carbocycles. The summed E-state index contributed by atoms with van der Waals surface area (Å²) in [6, 6.07) is 14.3. The largest absolute Gasteiger partial charge is 0.345 e. The molecule has 1 heterocycles. The number of amides is 1. The number of hydrogen-bond acceptors (Lipinski definition) is 4. The van der Waals surface area contributed by atoms with Gasteiger partial charge >= 0.3 is 0 Å². The van der Waals surface area contributed by atoms with Crippen LogP contribution in [0.1, 0.15) is 64.6 Å². The Kier molecular flexibility index (Phi) is 4.76. The fourth-order valence-corrected chi connectivity index (χ4v) is 3.76. The Hall–Kier alpha value is -2.21. The number of carbonyl (C=O) groups excluding carboxylic acids is 1. The Bertz CT molecular complexity index is 821. The molecular formula is C21H25N3O2. The van der Waals surface area contributed by atoms with Crippen molar-refractivity contribution in [2.24, 2.45) is 0 Å². The Morgan fingerprint density at radius 2 is 2.15 bits per heavy atom. The number of rotatable bonds is 4. The summed E-state index contributed by atoms with van der Waals surface area (Å²) in [6.45, 7) is 4.09. The van der Waals surface area contributed by atoms with Crippen LogP contribution in [0.15, 0.2) is 42.5 Å². The fraction of sp³-hybridized carbons (Fsp3) is 0.381. The van der Waals surface area contributed by atoms with Gasteiger partial charge in [0.1, 0.15) is 12.4 Å². The molecule has 4 rings (SSSR count). The van der Waals surface area contributed by atoms with Crippen LogP contribution in [0.5, 0.6) is 0 Å². The first-order valence-electron chi connectivity index (χ1n) is 9.31.